The predicted octanol–water partition coefficient (Wildman–Crippen LogP) is 1.24. The molecular formula is C12H18N2O2S. The highest BCUT2D eigenvalue weighted by Crippen LogP contribution is 2.28. The molecule has 94 valence electrons. The second-order valence-corrected chi connectivity index (χ2v) is 5.70. The number of hydrogen-bond donors (Lipinski definition) is 3. The highest BCUT2D eigenvalue weighted by molar-refractivity contribution is 7.10. The van der Waals surface area contributed by atoms with Gasteiger partial charge in [0.25, 0.3) is 0 Å². The minimum absolute atomic E-state index is 0.387. The number of carbonyl (C=O) groups excluding carboxylic acids is 1. The van der Waals surface area contributed by atoms with Crippen molar-refractivity contribution in [3.63, 3.8) is 0 Å². The minimum atomic E-state index is -0.524. The summed E-state index contributed by atoms with van der Waals surface area (Å²) in [4.78, 5) is 12.0. The van der Waals surface area contributed by atoms with Gasteiger partial charge in [-0.15, -0.1) is 11.3 Å². The maximum atomic E-state index is 10.9. The molecule has 2 rings (SSSR count). The Hall–Kier alpha value is -0.910. The number of primary amides is 1. The minimum Gasteiger partial charge on any atom is -0.389 e. The average molecular weight is 254 g/mol. The lowest BCUT2D eigenvalue weighted by Gasteiger charge is -2.22. The molecule has 0 unspecified atom stereocenters. The second-order valence-electron chi connectivity index (χ2n) is 4.70. The van der Waals surface area contributed by atoms with E-state index in [1.807, 2.05) is 0 Å². The van der Waals surface area contributed by atoms with Gasteiger partial charge in [0.1, 0.15) is 0 Å². The van der Waals surface area contributed by atoms with Gasteiger partial charge in [0.15, 0.2) is 0 Å². The van der Waals surface area contributed by atoms with Crippen molar-refractivity contribution >= 4 is 17.2 Å². The van der Waals surface area contributed by atoms with E-state index in [-0.39, 0.29) is 5.91 Å². The molecule has 0 bridgehead atoms. The number of rotatable bonds is 5. The molecule has 1 aliphatic rings. The summed E-state index contributed by atoms with van der Waals surface area (Å²) < 4.78 is 0. The van der Waals surface area contributed by atoms with Crippen LogP contribution in [0.2, 0.25) is 0 Å². The first-order valence-electron chi connectivity index (χ1n) is 5.89. The lowest BCUT2D eigenvalue weighted by atomic mass is 10.0. The molecule has 0 spiro atoms. The van der Waals surface area contributed by atoms with Crippen LogP contribution in [0.3, 0.4) is 0 Å². The van der Waals surface area contributed by atoms with Crippen molar-refractivity contribution in [3.05, 3.63) is 21.9 Å². The third-order valence-electron chi connectivity index (χ3n) is 3.23. The second kappa shape index (κ2) is 5.16. The van der Waals surface area contributed by atoms with E-state index < -0.39 is 5.60 Å². The molecular weight excluding hydrogens is 236 g/mol. The number of nitrogens with one attached hydrogen (secondary N) is 1. The summed E-state index contributed by atoms with van der Waals surface area (Å²) in [5.74, 6) is -0.387. The van der Waals surface area contributed by atoms with Gasteiger partial charge >= 0.3 is 0 Å². The third-order valence-corrected chi connectivity index (χ3v) is 4.16. The van der Waals surface area contributed by atoms with Crippen LogP contribution in [0.25, 0.3) is 0 Å². The van der Waals surface area contributed by atoms with E-state index in [1.54, 1.807) is 11.4 Å². The molecule has 0 saturated heterocycles. The van der Waals surface area contributed by atoms with Crippen LogP contribution < -0.4 is 11.1 Å². The molecule has 4 nitrogen and oxygen atoms in total. The van der Waals surface area contributed by atoms with Crippen LogP contribution in [0.15, 0.2) is 11.4 Å². The topological polar surface area (TPSA) is 75.4 Å². The molecule has 1 aromatic heterocycles. The van der Waals surface area contributed by atoms with Crippen LogP contribution in [-0.4, -0.2) is 23.2 Å². The van der Waals surface area contributed by atoms with E-state index in [0.717, 1.165) is 30.6 Å². The number of amides is 1. The molecule has 0 atom stereocenters. The van der Waals surface area contributed by atoms with Gasteiger partial charge in [-0.25, -0.2) is 0 Å². The molecule has 1 saturated carbocycles. The Morgan fingerprint density at radius 1 is 1.53 bits per heavy atom. The van der Waals surface area contributed by atoms with Crippen LogP contribution in [0.4, 0.5) is 0 Å². The van der Waals surface area contributed by atoms with Crippen molar-refractivity contribution in [1.82, 2.24) is 5.32 Å². The predicted molar refractivity (Wildman–Crippen MR) is 68.0 cm³/mol. The molecule has 0 radical (unpaired) electrons. The molecule has 17 heavy (non-hydrogen) atoms. The van der Waals surface area contributed by atoms with E-state index in [2.05, 4.69) is 5.32 Å². The van der Waals surface area contributed by atoms with Gasteiger partial charge in [-0.2, -0.15) is 0 Å². The van der Waals surface area contributed by atoms with Crippen LogP contribution in [0, 0.1) is 0 Å². The summed E-state index contributed by atoms with van der Waals surface area (Å²) in [5.41, 5.74) is 5.22. The zero-order valence-electron chi connectivity index (χ0n) is 9.74. The highest BCUT2D eigenvalue weighted by atomic mass is 32.1. The molecule has 5 heteroatoms. The molecule has 1 heterocycles. The number of nitrogens with two attached hydrogens (primary N) is 1. The first kappa shape index (κ1) is 12.5. The molecule has 1 amide bonds. The number of aliphatic hydroxyl groups is 1. The Morgan fingerprint density at radius 2 is 2.24 bits per heavy atom. The van der Waals surface area contributed by atoms with Gasteiger partial charge in [-0.1, -0.05) is 12.8 Å². The molecule has 0 aliphatic heterocycles. The van der Waals surface area contributed by atoms with Gasteiger partial charge in [0.05, 0.1) is 11.2 Å². The normalized spacial score (nSPS) is 18.4. The summed E-state index contributed by atoms with van der Waals surface area (Å²) >= 11 is 1.51. The van der Waals surface area contributed by atoms with E-state index >= 15 is 0 Å². The SMILES string of the molecule is NC(=O)c1csc(CNCC2(O)CCCC2)c1. The van der Waals surface area contributed by atoms with Crippen molar-refractivity contribution in [1.29, 1.82) is 0 Å². The van der Waals surface area contributed by atoms with E-state index in [4.69, 9.17) is 5.73 Å². The fourth-order valence-electron chi connectivity index (χ4n) is 2.23. The summed E-state index contributed by atoms with van der Waals surface area (Å²) in [6, 6.07) is 1.80. The maximum Gasteiger partial charge on any atom is 0.249 e. The summed E-state index contributed by atoms with van der Waals surface area (Å²) in [5, 5.41) is 15.1. The molecule has 1 aromatic rings. The summed E-state index contributed by atoms with van der Waals surface area (Å²) in [6.45, 7) is 1.30. The fourth-order valence-corrected chi connectivity index (χ4v) is 3.07. The van der Waals surface area contributed by atoms with Gasteiger partial charge in [-0.05, 0) is 18.9 Å². The van der Waals surface area contributed by atoms with Gasteiger partial charge in [0, 0.05) is 23.3 Å². The Bertz CT molecular complexity index is 397. The van der Waals surface area contributed by atoms with Crippen molar-refractivity contribution in [2.75, 3.05) is 6.54 Å². The van der Waals surface area contributed by atoms with Crippen LogP contribution in [-0.2, 0) is 6.54 Å². The van der Waals surface area contributed by atoms with Crippen molar-refractivity contribution in [2.24, 2.45) is 5.73 Å². The molecule has 4 N–H and O–H groups in total. The molecule has 1 aliphatic carbocycles. The van der Waals surface area contributed by atoms with E-state index in [1.165, 1.54) is 11.3 Å². The summed E-state index contributed by atoms with van der Waals surface area (Å²) in [7, 11) is 0. The highest BCUT2D eigenvalue weighted by Gasteiger charge is 2.30. The lowest BCUT2D eigenvalue weighted by Crippen LogP contribution is -2.37. The average Bonchev–Trinajstić information content (AvgIpc) is 2.88. The van der Waals surface area contributed by atoms with Crippen LogP contribution >= 0.6 is 11.3 Å². The quantitative estimate of drug-likeness (QED) is 0.740. The van der Waals surface area contributed by atoms with Gasteiger partial charge in [0.2, 0.25) is 5.91 Å². The number of hydrogen-bond acceptors (Lipinski definition) is 4. The van der Waals surface area contributed by atoms with E-state index in [0.29, 0.717) is 18.7 Å². The monoisotopic (exact) mass is 254 g/mol. The summed E-state index contributed by atoms with van der Waals surface area (Å²) in [6.07, 6.45) is 4.00. The number of carbonyl (C=O) groups is 1. The Morgan fingerprint density at radius 3 is 2.82 bits per heavy atom. The molecule has 1 fully saturated rings. The smallest absolute Gasteiger partial charge is 0.249 e. The maximum absolute atomic E-state index is 10.9. The van der Waals surface area contributed by atoms with Gasteiger partial charge in [-0.3, -0.25) is 4.79 Å². The van der Waals surface area contributed by atoms with E-state index in [9.17, 15) is 9.90 Å². The van der Waals surface area contributed by atoms with Crippen LogP contribution in [0.5, 0.6) is 0 Å². The molecule has 0 aromatic carbocycles. The fraction of sp³-hybridized carbons (Fsp3) is 0.583. The standard InChI is InChI=1S/C12H18N2O2S/c13-11(15)9-5-10(17-7-9)6-14-8-12(16)3-1-2-4-12/h5,7,14,16H,1-4,6,8H2,(H2,13,15). The lowest BCUT2D eigenvalue weighted by molar-refractivity contribution is 0.0475. The Labute approximate surface area is 105 Å². The Kier molecular flexibility index (Phi) is 3.81. The third kappa shape index (κ3) is 3.28. The first-order chi connectivity index (χ1) is 8.09. The van der Waals surface area contributed by atoms with Gasteiger partial charge < -0.3 is 16.2 Å². The van der Waals surface area contributed by atoms with Crippen LogP contribution in [0.1, 0.15) is 40.9 Å². The zero-order valence-corrected chi connectivity index (χ0v) is 10.6. The van der Waals surface area contributed by atoms with Crippen molar-refractivity contribution < 1.29 is 9.90 Å². The largest absolute Gasteiger partial charge is 0.389 e. The van der Waals surface area contributed by atoms with Crippen molar-refractivity contribution in [3.8, 4) is 0 Å². The Balaban J connectivity index is 1.79. The zero-order chi connectivity index (χ0) is 12.3. The number of thiophene rings is 1. The first-order valence-corrected chi connectivity index (χ1v) is 6.77. The van der Waals surface area contributed by atoms with Crippen molar-refractivity contribution in [2.45, 2.75) is 37.8 Å².